The van der Waals surface area contributed by atoms with E-state index in [1.807, 2.05) is 77.1 Å². The van der Waals surface area contributed by atoms with Gasteiger partial charge in [-0.3, -0.25) is 9.59 Å². The summed E-state index contributed by atoms with van der Waals surface area (Å²) in [7, 11) is 0. The number of rotatable bonds is 7. The van der Waals surface area contributed by atoms with Crippen molar-refractivity contribution in [2.45, 2.75) is 98.9 Å². The number of alkyl carbamates (subject to hydrolysis) is 1. The highest BCUT2D eigenvalue weighted by molar-refractivity contribution is 6.00. The number of carbonyl (C=O) groups excluding carboxylic acids is 3. The second-order valence-electron chi connectivity index (χ2n) is 11.5. The predicted molar refractivity (Wildman–Crippen MR) is 149 cm³/mol. The smallest absolute Gasteiger partial charge is 0.408 e. The molecule has 7 nitrogen and oxygen atoms in total. The molecule has 0 fully saturated rings. The molecular weight excluding hydrogens is 466 g/mol. The third kappa shape index (κ3) is 8.07. The van der Waals surface area contributed by atoms with Crippen molar-refractivity contribution in [1.82, 2.24) is 10.2 Å². The number of nitrogens with zero attached hydrogens (tertiary/aromatic N) is 1. The number of anilines is 1. The highest BCUT2D eigenvalue weighted by Gasteiger charge is 2.41. The van der Waals surface area contributed by atoms with Gasteiger partial charge in [0.25, 0.3) is 5.91 Å². The minimum Gasteiger partial charge on any atom is -0.444 e. The molecule has 37 heavy (non-hydrogen) atoms. The topological polar surface area (TPSA) is 87.7 Å². The third-order valence-corrected chi connectivity index (χ3v) is 6.00. The molecule has 0 bridgehead atoms. The van der Waals surface area contributed by atoms with Crippen molar-refractivity contribution in [2.24, 2.45) is 0 Å². The first kappa shape index (κ1) is 29.9. The molecule has 0 aliphatic heterocycles. The molecule has 2 aromatic carbocycles. The Morgan fingerprint density at radius 1 is 0.919 bits per heavy atom. The zero-order valence-electron chi connectivity index (χ0n) is 24.0. The lowest BCUT2D eigenvalue weighted by atomic mass is 9.94. The Morgan fingerprint density at radius 3 is 1.92 bits per heavy atom. The lowest BCUT2D eigenvalue weighted by molar-refractivity contribution is -0.146. The van der Waals surface area contributed by atoms with E-state index < -0.39 is 29.3 Å². The molecule has 2 aromatic rings. The molecular formula is C30H43N3O4. The molecule has 7 heteroatoms. The Hall–Kier alpha value is -3.35. The fourth-order valence-corrected chi connectivity index (χ4v) is 4.16. The number of benzene rings is 2. The quantitative estimate of drug-likeness (QED) is 0.473. The van der Waals surface area contributed by atoms with Crippen molar-refractivity contribution in [3.05, 3.63) is 64.7 Å². The van der Waals surface area contributed by atoms with Crippen molar-refractivity contribution in [1.29, 1.82) is 0 Å². The van der Waals surface area contributed by atoms with E-state index in [0.29, 0.717) is 5.56 Å². The number of hydrogen-bond acceptors (Lipinski definition) is 4. The first-order valence-corrected chi connectivity index (χ1v) is 12.8. The largest absolute Gasteiger partial charge is 0.444 e. The Bertz CT molecular complexity index is 1090. The number of nitrogens with one attached hydrogen (secondary N) is 2. The van der Waals surface area contributed by atoms with E-state index in [-0.39, 0.29) is 11.8 Å². The van der Waals surface area contributed by atoms with Crippen LogP contribution in [-0.4, -0.2) is 40.0 Å². The monoisotopic (exact) mass is 509 g/mol. The third-order valence-electron chi connectivity index (χ3n) is 6.00. The fourth-order valence-electron chi connectivity index (χ4n) is 4.16. The van der Waals surface area contributed by atoms with E-state index in [1.54, 1.807) is 32.6 Å². The summed E-state index contributed by atoms with van der Waals surface area (Å²) in [6.45, 7) is 18.5. The molecule has 0 aliphatic rings. The number of ether oxygens (including phenoxy) is 1. The fraction of sp³-hybridized carbons (Fsp3) is 0.500. The molecule has 0 aliphatic carbocycles. The normalized spacial score (nSPS) is 13.4. The van der Waals surface area contributed by atoms with Crippen LogP contribution in [0.4, 0.5) is 10.5 Å². The number of aryl methyl sites for hydroxylation is 3. The van der Waals surface area contributed by atoms with Crippen molar-refractivity contribution in [3.63, 3.8) is 0 Å². The van der Waals surface area contributed by atoms with Gasteiger partial charge >= 0.3 is 6.09 Å². The molecule has 2 rings (SSSR count). The van der Waals surface area contributed by atoms with E-state index in [4.69, 9.17) is 4.74 Å². The zero-order valence-corrected chi connectivity index (χ0v) is 24.0. The first-order chi connectivity index (χ1) is 17.0. The first-order valence-electron chi connectivity index (χ1n) is 12.8. The Kier molecular flexibility index (Phi) is 9.53. The van der Waals surface area contributed by atoms with Gasteiger partial charge in [0, 0.05) is 11.2 Å². The Morgan fingerprint density at radius 2 is 1.46 bits per heavy atom. The van der Waals surface area contributed by atoms with Crippen LogP contribution in [0, 0.1) is 13.8 Å². The molecule has 2 unspecified atom stereocenters. The Balaban J connectivity index is 2.54. The zero-order chi connectivity index (χ0) is 28.1. The van der Waals surface area contributed by atoms with Crippen LogP contribution in [0.25, 0.3) is 0 Å². The SMILES string of the molecule is CCc1ccc(C(C(=O)Nc2c(C)cccc2C)N(C(=O)C(C)NC(=O)OC(C)(C)C)C(C)(C)C)cc1. The summed E-state index contributed by atoms with van der Waals surface area (Å²) in [5.41, 5.74) is 2.96. The van der Waals surface area contributed by atoms with Gasteiger partial charge in [0.2, 0.25) is 5.91 Å². The van der Waals surface area contributed by atoms with Crippen molar-refractivity contribution in [3.8, 4) is 0 Å². The standard InChI is InChI=1S/C30H43N3O4/c1-11-22-15-17-23(18-16-22)25(26(34)32-24-19(2)13-12-14-20(24)3)33(29(5,6)7)27(35)21(4)31-28(36)37-30(8,9)10/h12-18,21,25H,11H2,1-10H3,(H,31,36)(H,32,34). The average molecular weight is 510 g/mol. The van der Waals surface area contributed by atoms with E-state index in [0.717, 1.165) is 28.8 Å². The van der Waals surface area contributed by atoms with Crippen LogP contribution in [-0.2, 0) is 20.7 Å². The van der Waals surface area contributed by atoms with E-state index in [2.05, 4.69) is 17.6 Å². The van der Waals surface area contributed by atoms with Crippen LogP contribution in [0.5, 0.6) is 0 Å². The number of para-hydroxylation sites is 1. The van der Waals surface area contributed by atoms with Crippen LogP contribution in [0.15, 0.2) is 42.5 Å². The molecule has 0 saturated carbocycles. The molecule has 0 saturated heterocycles. The maximum atomic E-state index is 14.0. The number of hydrogen-bond donors (Lipinski definition) is 2. The highest BCUT2D eigenvalue weighted by atomic mass is 16.6. The van der Waals surface area contributed by atoms with Gasteiger partial charge in [-0.05, 0) is 91.0 Å². The van der Waals surface area contributed by atoms with Crippen molar-refractivity contribution < 1.29 is 19.1 Å². The molecule has 0 spiro atoms. The van der Waals surface area contributed by atoms with Crippen LogP contribution < -0.4 is 10.6 Å². The highest BCUT2D eigenvalue weighted by Crippen LogP contribution is 2.32. The van der Waals surface area contributed by atoms with Gasteiger partial charge in [-0.25, -0.2) is 4.79 Å². The van der Waals surface area contributed by atoms with Gasteiger partial charge in [0.05, 0.1) is 0 Å². The van der Waals surface area contributed by atoms with Crippen LogP contribution in [0.3, 0.4) is 0 Å². The molecule has 202 valence electrons. The summed E-state index contributed by atoms with van der Waals surface area (Å²) in [6, 6.07) is 11.7. The van der Waals surface area contributed by atoms with Gasteiger partial charge in [-0.15, -0.1) is 0 Å². The van der Waals surface area contributed by atoms with E-state index in [1.165, 1.54) is 0 Å². The number of carbonyl (C=O) groups is 3. The summed E-state index contributed by atoms with van der Waals surface area (Å²) >= 11 is 0. The molecule has 0 radical (unpaired) electrons. The molecule has 2 atom stereocenters. The van der Waals surface area contributed by atoms with E-state index >= 15 is 0 Å². The van der Waals surface area contributed by atoms with Gasteiger partial charge < -0.3 is 20.3 Å². The van der Waals surface area contributed by atoms with Crippen LogP contribution >= 0.6 is 0 Å². The summed E-state index contributed by atoms with van der Waals surface area (Å²) in [5.74, 6) is -0.714. The molecule has 0 aromatic heterocycles. The maximum Gasteiger partial charge on any atom is 0.408 e. The predicted octanol–water partition coefficient (Wildman–Crippen LogP) is 6.09. The van der Waals surface area contributed by atoms with E-state index in [9.17, 15) is 14.4 Å². The van der Waals surface area contributed by atoms with Gasteiger partial charge in [-0.2, -0.15) is 0 Å². The molecule has 2 N–H and O–H groups in total. The summed E-state index contributed by atoms with van der Waals surface area (Å²) in [6.07, 6.45) is 0.171. The summed E-state index contributed by atoms with van der Waals surface area (Å²) in [4.78, 5) is 41.9. The summed E-state index contributed by atoms with van der Waals surface area (Å²) < 4.78 is 5.35. The van der Waals surface area contributed by atoms with Crippen molar-refractivity contribution in [2.75, 3.05) is 5.32 Å². The second kappa shape index (κ2) is 11.8. The lowest BCUT2D eigenvalue weighted by Crippen LogP contribution is -2.57. The van der Waals surface area contributed by atoms with Gasteiger partial charge in [0.15, 0.2) is 0 Å². The number of amides is 3. The Labute approximate surface area is 222 Å². The molecule has 0 heterocycles. The van der Waals surface area contributed by atoms with Crippen LogP contribution in [0.2, 0.25) is 0 Å². The summed E-state index contributed by atoms with van der Waals surface area (Å²) in [5, 5.41) is 5.72. The maximum absolute atomic E-state index is 14.0. The van der Waals surface area contributed by atoms with Gasteiger partial charge in [0.1, 0.15) is 17.7 Å². The van der Waals surface area contributed by atoms with Crippen LogP contribution in [0.1, 0.15) is 83.7 Å². The van der Waals surface area contributed by atoms with Crippen molar-refractivity contribution >= 4 is 23.6 Å². The second-order valence-corrected chi connectivity index (χ2v) is 11.5. The minimum absolute atomic E-state index is 0.325. The average Bonchev–Trinajstić information content (AvgIpc) is 2.77. The lowest BCUT2D eigenvalue weighted by Gasteiger charge is -2.42. The van der Waals surface area contributed by atoms with Gasteiger partial charge in [-0.1, -0.05) is 49.4 Å². The molecule has 3 amide bonds. The minimum atomic E-state index is -0.930.